The number of amides is 1. The van der Waals surface area contributed by atoms with Gasteiger partial charge in [-0.05, 0) is 0 Å². The number of thiazole rings is 1. The van der Waals surface area contributed by atoms with Crippen LogP contribution in [0.2, 0.25) is 0 Å². The van der Waals surface area contributed by atoms with Gasteiger partial charge < -0.3 is 10.4 Å². The number of carbonyl (C=O) groups is 2. The summed E-state index contributed by atoms with van der Waals surface area (Å²) in [5.41, 5.74) is -0.192. The number of aromatic nitrogens is 4. The van der Waals surface area contributed by atoms with Gasteiger partial charge in [0.05, 0.1) is 12.7 Å². The second kappa shape index (κ2) is 5.36. The second-order valence-corrected chi connectivity index (χ2v) is 4.29. The number of carbonyl (C=O) groups excluding carboxylic acids is 1. The predicted molar refractivity (Wildman–Crippen MR) is 60.9 cm³/mol. The summed E-state index contributed by atoms with van der Waals surface area (Å²) in [4.78, 5) is 26.1. The lowest BCUT2D eigenvalue weighted by molar-refractivity contribution is -0.122. The second-order valence-electron chi connectivity index (χ2n) is 3.31. The van der Waals surface area contributed by atoms with Crippen LogP contribution in [0.3, 0.4) is 0 Å². The molecule has 0 atom stereocenters. The Bertz CT molecular complexity index is 550. The number of carboxylic acid groups (broad SMARTS) is 1. The molecule has 0 saturated carbocycles. The van der Waals surface area contributed by atoms with Crippen LogP contribution in [-0.2, 0) is 17.9 Å². The molecule has 0 aliphatic carbocycles. The Morgan fingerprint density at radius 1 is 1.50 bits per heavy atom. The number of nitrogens with one attached hydrogen (secondary N) is 1. The first-order chi connectivity index (χ1) is 8.65. The number of aromatic carboxylic acids is 1. The minimum Gasteiger partial charge on any atom is -0.476 e. The summed E-state index contributed by atoms with van der Waals surface area (Å²) >= 11 is 1.44. The molecule has 2 N–H and O–H groups in total. The van der Waals surface area contributed by atoms with E-state index >= 15 is 0 Å². The topological polar surface area (TPSA) is 110 Å². The van der Waals surface area contributed by atoms with Crippen molar-refractivity contribution in [3.8, 4) is 0 Å². The van der Waals surface area contributed by atoms with Crippen molar-refractivity contribution in [1.29, 1.82) is 0 Å². The molecule has 2 heterocycles. The first-order valence-electron chi connectivity index (χ1n) is 4.93. The number of hydrogen-bond donors (Lipinski definition) is 2. The highest BCUT2D eigenvalue weighted by Gasteiger charge is 2.10. The predicted octanol–water partition coefficient (Wildman–Crippen LogP) is -0.251. The molecule has 0 bridgehead atoms. The van der Waals surface area contributed by atoms with E-state index in [-0.39, 0.29) is 18.1 Å². The number of rotatable bonds is 5. The highest BCUT2D eigenvalue weighted by molar-refractivity contribution is 7.09. The Labute approximate surface area is 105 Å². The molecule has 0 aliphatic heterocycles. The van der Waals surface area contributed by atoms with Crippen LogP contribution in [-0.4, -0.2) is 37.0 Å². The molecular formula is C9H9N5O3S. The molecule has 18 heavy (non-hydrogen) atoms. The van der Waals surface area contributed by atoms with E-state index in [0.717, 1.165) is 5.01 Å². The third kappa shape index (κ3) is 3.10. The largest absolute Gasteiger partial charge is 0.476 e. The standard InChI is InChI=1S/C9H9N5O3S/c15-7(11-3-8-10-1-2-18-8)5-14-4-6(9(16)17)12-13-14/h1-2,4H,3,5H2,(H,11,15)(H,16,17). The Balaban J connectivity index is 1.85. The summed E-state index contributed by atoms with van der Waals surface area (Å²) in [6.07, 6.45) is 2.86. The molecule has 1 amide bonds. The summed E-state index contributed by atoms with van der Waals surface area (Å²) in [5.74, 6) is -1.46. The van der Waals surface area contributed by atoms with Crippen molar-refractivity contribution in [2.45, 2.75) is 13.1 Å². The van der Waals surface area contributed by atoms with Gasteiger partial charge in [0, 0.05) is 11.6 Å². The van der Waals surface area contributed by atoms with Gasteiger partial charge in [0.2, 0.25) is 5.91 Å². The molecular weight excluding hydrogens is 258 g/mol. The first kappa shape index (κ1) is 12.2. The fourth-order valence-corrected chi connectivity index (χ4v) is 1.75. The Morgan fingerprint density at radius 2 is 2.33 bits per heavy atom. The maximum absolute atomic E-state index is 11.5. The Kier molecular flexibility index (Phi) is 3.63. The number of nitrogens with zero attached hydrogens (tertiary/aromatic N) is 4. The van der Waals surface area contributed by atoms with Crippen LogP contribution in [0.1, 0.15) is 15.5 Å². The fraction of sp³-hybridized carbons (Fsp3) is 0.222. The van der Waals surface area contributed by atoms with Crippen molar-refractivity contribution in [3.63, 3.8) is 0 Å². The molecule has 9 heteroatoms. The molecule has 0 spiro atoms. The van der Waals surface area contributed by atoms with Gasteiger partial charge in [0.15, 0.2) is 5.69 Å². The number of hydrogen-bond acceptors (Lipinski definition) is 6. The first-order valence-corrected chi connectivity index (χ1v) is 5.81. The van der Waals surface area contributed by atoms with Crippen LogP contribution >= 0.6 is 11.3 Å². The van der Waals surface area contributed by atoms with E-state index < -0.39 is 5.97 Å². The molecule has 8 nitrogen and oxygen atoms in total. The van der Waals surface area contributed by atoms with Crippen molar-refractivity contribution in [3.05, 3.63) is 28.5 Å². The van der Waals surface area contributed by atoms with Crippen LogP contribution in [0.25, 0.3) is 0 Å². The molecule has 0 radical (unpaired) electrons. The van der Waals surface area contributed by atoms with E-state index in [2.05, 4.69) is 20.6 Å². The zero-order chi connectivity index (χ0) is 13.0. The maximum Gasteiger partial charge on any atom is 0.358 e. The SMILES string of the molecule is O=C(Cn1cc(C(=O)O)nn1)NCc1nccs1. The van der Waals surface area contributed by atoms with E-state index in [9.17, 15) is 9.59 Å². The summed E-state index contributed by atoms with van der Waals surface area (Å²) in [6.45, 7) is 0.267. The molecule has 0 fully saturated rings. The van der Waals surface area contributed by atoms with E-state index in [1.54, 1.807) is 6.20 Å². The fourth-order valence-electron chi connectivity index (χ4n) is 1.19. The van der Waals surface area contributed by atoms with Crippen LogP contribution in [0.4, 0.5) is 0 Å². The normalized spacial score (nSPS) is 10.2. The van der Waals surface area contributed by atoms with Gasteiger partial charge in [-0.15, -0.1) is 16.4 Å². The van der Waals surface area contributed by atoms with Gasteiger partial charge in [0.25, 0.3) is 0 Å². The molecule has 2 aromatic heterocycles. The summed E-state index contributed by atoms with van der Waals surface area (Å²) in [6, 6.07) is 0. The Hall–Kier alpha value is -2.29. The minimum absolute atomic E-state index is 0.0777. The van der Waals surface area contributed by atoms with Gasteiger partial charge >= 0.3 is 5.97 Å². The summed E-state index contributed by atoms with van der Waals surface area (Å²) in [7, 11) is 0. The molecule has 0 saturated heterocycles. The Morgan fingerprint density at radius 3 is 2.94 bits per heavy atom. The van der Waals surface area contributed by atoms with E-state index in [1.165, 1.54) is 22.2 Å². The monoisotopic (exact) mass is 267 g/mol. The van der Waals surface area contributed by atoms with Crippen molar-refractivity contribution < 1.29 is 14.7 Å². The van der Waals surface area contributed by atoms with Gasteiger partial charge in [-0.25, -0.2) is 14.5 Å². The minimum atomic E-state index is -1.18. The zero-order valence-corrected chi connectivity index (χ0v) is 9.92. The van der Waals surface area contributed by atoms with Crippen LogP contribution in [0, 0.1) is 0 Å². The third-order valence-electron chi connectivity index (χ3n) is 1.98. The van der Waals surface area contributed by atoms with Crippen LogP contribution in [0.15, 0.2) is 17.8 Å². The van der Waals surface area contributed by atoms with Crippen molar-refractivity contribution in [2.75, 3.05) is 0 Å². The quantitative estimate of drug-likeness (QED) is 0.773. The lowest BCUT2D eigenvalue weighted by atomic mass is 10.5. The molecule has 2 rings (SSSR count). The summed E-state index contributed by atoms with van der Waals surface area (Å²) in [5, 5.41) is 20.8. The van der Waals surface area contributed by atoms with Crippen molar-refractivity contribution in [2.24, 2.45) is 0 Å². The highest BCUT2D eigenvalue weighted by atomic mass is 32.1. The van der Waals surface area contributed by atoms with Crippen molar-refractivity contribution in [1.82, 2.24) is 25.3 Å². The van der Waals surface area contributed by atoms with Crippen LogP contribution in [0.5, 0.6) is 0 Å². The number of carboxylic acids is 1. The van der Waals surface area contributed by atoms with E-state index in [4.69, 9.17) is 5.11 Å². The highest BCUT2D eigenvalue weighted by Crippen LogP contribution is 2.02. The summed E-state index contributed by atoms with van der Waals surface area (Å²) < 4.78 is 1.17. The maximum atomic E-state index is 11.5. The van der Waals surface area contributed by atoms with Gasteiger partial charge in [-0.2, -0.15) is 0 Å². The zero-order valence-electron chi connectivity index (χ0n) is 9.11. The molecule has 0 aromatic carbocycles. The van der Waals surface area contributed by atoms with Gasteiger partial charge in [0.1, 0.15) is 11.6 Å². The molecule has 2 aromatic rings. The van der Waals surface area contributed by atoms with E-state index in [0.29, 0.717) is 6.54 Å². The van der Waals surface area contributed by atoms with Crippen LogP contribution < -0.4 is 5.32 Å². The van der Waals surface area contributed by atoms with Gasteiger partial charge in [-0.3, -0.25) is 4.79 Å². The average Bonchev–Trinajstić information content (AvgIpc) is 2.96. The average molecular weight is 267 g/mol. The lowest BCUT2D eigenvalue weighted by Crippen LogP contribution is -2.27. The molecule has 94 valence electrons. The smallest absolute Gasteiger partial charge is 0.358 e. The molecule has 0 aliphatic rings. The lowest BCUT2D eigenvalue weighted by Gasteiger charge is -2.02. The van der Waals surface area contributed by atoms with Crippen molar-refractivity contribution >= 4 is 23.2 Å². The van der Waals surface area contributed by atoms with E-state index in [1.807, 2.05) is 5.38 Å². The molecule has 0 unspecified atom stereocenters. The van der Waals surface area contributed by atoms with Gasteiger partial charge in [-0.1, -0.05) is 5.21 Å². The third-order valence-corrected chi connectivity index (χ3v) is 2.76.